The first-order valence-corrected chi connectivity index (χ1v) is 6.87. The van der Waals surface area contributed by atoms with Crippen LogP contribution in [0, 0.1) is 0 Å². The van der Waals surface area contributed by atoms with E-state index in [1.165, 1.54) is 0 Å². The fraction of sp³-hybridized carbons (Fsp3) is 0.0909. The fourth-order valence-corrected chi connectivity index (χ4v) is 2.53. The Bertz CT molecular complexity index is 676. The molecule has 0 atom stereocenters. The third-order valence-electron chi connectivity index (χ3n) is 2.22. The number of hydrogen-bond acceptors (Lipinski definition) is 4. The fourth-order valence-electron chi connectivity index (χ4n) is 1.38. The highest BCUT2D eigenvalue weighted by atomic mass is 35.5. The first kappa shape index (κ1) is 13.6. The van der Waals surface area contributed by atoms with Crippen molar-refractivity contribution < 1.29 is 23.1 Å². The molecule has 0 saturated heterocycles. The molecule has 0 spiro atoms. The lowest BCUT2D eigenvalue weighted by Crippen LogP contribution is -2.07. The van der Waals surface area contributed by atoms with Crippen LogP contribution in [0.3, 0.4) is 0 Å². The summed E-state index contributed by atoms with van der Waals surface area (Å²) in [6.45, 7) is -0.141. The van der Waals surface area contributed by atoms with Crippen LogP contribution in [-0.4, -0.2) is 31.8 Å². The molecule has 1 aliphatic heterocycles. The van der Waals surface area contributed by atoms with Crippen LogP contribution in [0.1, 0.15) is 0 Å². The van der Waals surface area contributed by atoms with E-state index in [2.05, 4.69) is 4.40 Å². The molecule has 100 valence electrons. The Balaban J connectivity index is 2.09. The molecule has 0 aromatic heterocycles. The number of hydrogen-bond donors (Lipinski definition) is 1. The number of ether oxygens (including phenoxy) is 1. The molecule has 1 aromatic rings. The molecule has 1 aliphatic rings. The third kappa shape index (κ3) is 3.12. The molecule has 0 amide bonds. The number of carbonyl (C=O) groups is 1. The standard InChI is InChI=1S/C11H8ClNO5S/c12-7-1-3-9(4-2-7)18-6-8-5-10(11(14)15)19(16,17)13-8/h1-5H,6H2,(H,14,15). The summed E-state index contributed by atoms with van der Waals surface area (Å²) in [4.78, 5) is 9.95. The van der Waals surface area contributed by atoms with E-state index < -0.39 is 20.9 Å². The zero-order valence-corrected chi connectivity index (χ0v) is 11.0. The number of halogens is 1. The number of carboxylic acids is 1. The van der Waals surface area contributed by atoms with E-state index in [1.807, 2.05) is 0 Å². The molecular formula is C11H8ClNO5S. The van der Waals surface area contributed by atoms with Crippen molar-refractivity contribution in [2.24, 2.45) is 4.40 Å². The smallest absolute Gasteiger partial charge is 0.349 e. The summed E-state index contributed by atoms with van der Waals surface area (Å²) in [6, 6.07) is 6.44. The average Bonchev–Trinajstić information content (AvgIpc) is 2.64. The van der Waals surface area contributed by atoms with Crippen LogP contribution in [0.25, 0.3) is 0 Å². The lowest BCUT2D eigenvalue weighted by molar-refractivity contribution is -0.131. The number of benzene rings is 1. The molecule has 6 nitrogen and oxygen atoms in total. The first-order chi connectivity index (χ1) is 8.88. The molecule has 0 saturated carbocycles. The quantitative estimate of drug-likeness (QED) is 0.909. The average molecular weight is 302 g/mol. The second-order valence-electron chi connectivity index (χ2n) is 3.61. The predicted molar refractivity (Wildman–Crippen MR) is 69.0 cm³/mol. The van der Waals surface area contributed by atoms with Crippen molar-refractivity contribution in [1.29, 1.82) is 0 Å². The predicted octanol–water partition coefficient (Wildman–Crippen LogP) is 1.47. The van der Waals surface area contributed by atoms with E-state index in [0.717, 1.165) is 6.08 Å². The summed E-state index contributed by atoms with van der Waals surface area (Å²) in [5, 5.41) is 9.25. The van der Waals surface area contributed by atoms with Gasteiger partial charge in [-0.1, -0.05) is 11.6 Å². The largest absolute Gasteiger partial charge is 0.487 e. The van der Waals surface area contributed by atoms with E-state index in [1.54, 1.807) is 24.3 Å². The minimum atomic E-state index is -4.10. The van der Waals surface area contributed by atoms with Gasteiger partial charge in [0, 0.05) is 5.02 Å². The molecule has 1 aromatic carbocycles. The maximum absolute atomic E-state index is 11.4. The lowest BCUT2D eigenvalue weighted by atomic mass is 10.3. The molecule has 0 unspecified atom stereocenters. The second kappa shape index (κ2) is 5.02. The van der Waals surface area contributed by atoms with Gasteiger partial charge in [-0.3, -0.25) is 0 Å². The van der Waals surface area contributed by atoms with Gasteiger partial charge in [-0.05, 0) is 30.3 Å². The number of nitrogens with zero attached hydrogens (tertiary/aromatic N) is 1. The van der Waals surface area contributed by atoms with Crippen LogP contribution in [0.4, 0.5) is 0 Å². The third-order valence-corrected chi connectivity index (χ3v) is 3.80. The molecule has 0 radical (unpaired) electrons. The normalized spacial score (nSPS) is 16.7. The van der Waals surface area contributed by atoms with Gasteiger partial charge in [0.25, 0.3) is 10.0 Å². The molecule has 0 bridgehead atoms. The summed E-state index contributed by atoms with van der Waals surface area (Å²) >= 11 is 5.70. The molecule has 8 heteroatoms. The van der Waals surface area contributed by atoms with E-state index in [9.17, 15) is 13.2 Å². The van der Waals surface area contributed by atoms with Crippen molar-refractivity contribution in [3.8, 4) is 5.75 Å². The van der Waals surface area contributed by atoms with Crippen molar-refractivity contribution in [1.82, 2.24) is 0 Å². The second-order valence-corrected chi connectivity index (χ2v) is 5.62. The van der Waals surface area contributed by atoms with Crippen LogP contribution < -0.4 is 4.74 Å². The Labute approximate surface area is 114 Å². The van der Waals surface area contributed by atoms with Crippen LogP contribution in [0.5, 0.6) is 5.75 Å². The maximum atomic E-state index is 11.4. The molecular weight excluding hydrogens is 294 g/mol. The van der Waals surface area contributed by atoms with Gasteiger partial charge in [0.05, 0.1) is 5.71 Å². The highest BCUT2D eigenvalue weighted by Gasteiger charge is 2.30. The van der Waals surface area contributed by atoms with Gasteiger partial charge in [0.15, 0.2) is 4.91 Å². The van der Waals surface area contributed by atoms with Crippen molar-refractivity contribution in [2.45, 2.75) is 0 Å². The van der Waals surface area contributed by atoms with Crippen molar-refractivity contribution >= 4 is 33.3 Å². The van der Waals surface area contributed by atoms with Gasteiger partial charge in [-0.2, -0.15) is 12.8 Å². The lowest BCUT2D eigenvalue weighted by Gasteiger charge is -2.03. The Morgan fingerprint density at radius 3 is 2.47 bits per heavy atom. The van der Waals surface area contributed by atoms with Crippen LogP contribution in [0.2, 0.25) is 5.02 Å². The van der Waals surface area contributed by atoms with Crippen molar-refractivity contribution in [3.05, 3.63) is 40.3 Å². The van der Waals surface area contributed by atoms with Gasteiger partial charge in [-0.25, -0.2) is 4.79 Å². The highest BCUT2D eigenvalue weighted by molar-refractivity contribution is 7.95. The van der Waals surface area contributed by atoms with Crippen LogP contribution >= 0.6 is 11.6 Å². The van der Waals surface area contributed by atoms with Gasteiger partial charge in [0.2, 0.25) is 0 Å². The maximum Gasteiger partial charge on any atom is 0.349 e. The van der Waals surface area contributed by atoms with Crippen LogP contribution in [0.15, 0.2) is 39.6 Å². The number of aliphatic carboxylic acids is 1. The minimum absolute atomic E-state index is 0.0346. The van der Waals surface area contributed by atoms with Gasteiger partial charge in [-0.15, -0.1) is 0 Å². The SMILES string of the molecule is O=C(O)C1=CC(COc2ccc(Cl)cc2)=NS1(=O)=O. The summed E-state index contributed by atoms with van der Waals surface area (Å²) in [7, 11) is -4.10. The Kier molecular flexibility index (Phi) is 3.59. The number of sulfonamides is 1. The molecule has 0 aliphatic carbocycles. The van der Waals surface area contributed by atoms with E-state index in [0.29, 0.717) is 10.8 Å². The van der Waals surface area contributed by atoms with Gasteiger partial charge in [0.1, 0.15) is 12.4 Å². The van der Waals surface area contributed by atoms with Crippen molar-refractivity contribution in [2.75, 3.05) is 6.61 Å². The zero-order valence-electron chi connectivity index (χ0n) is 9.41. The summed E-state index contributed by atoms with van der Waals surface area (Å²) in [5.41, 5.74) is 0.0346. The highest BCUT2D eigenvalue weighted by Crippen LogP contribution is 2.19. The van der Waals surface area contributed by atoms with E-state index >= 15 is 0 Å². The monoisotopic (exact) mass is 301 g/mol. The molecule has 0 fully saturated rings. The summed E-state index contributed by atoms with van der Waals surface area (Å²) in [5.74, 6) is -1.06. The molecule has 2 rings (SSSR count). The Morgan fingerprint density at radius 2 is 1.95 bits per heavy atom. The number of rotatable bonds is 4. The molecule has 19 heavy (non-hydrogen) atoms. The first-order valence-electron chi connectivity index (χ1n) is 5.06. The topological polar surface area (TPSA) is 93.0 Å². The van der Waals surface area contributed by atoms with Gasteiger partial charge < -0.3 is 9.84 Å². The van der Waals surface area contributed by atoms with Crippen LogP contribution in [-0.2, 0) is 14.8 Å². The zero-order chi connectivity index (χ0) is 14.0. The Hall–Kier alpha value is -1.86. The van der Waals surface area contributed by atoms with E-state index in [-0.39, 0.29) is 12.3 Å². The summed E-state index contributed by atoms with van der Waals surface area (Å²) in [6.07, 6.45) is 0.980. The minimum Gasteiger partial charge on any atom is -0.487 e. The van der Waals surface area contributed by atoms with E-state index in [4.69, 9.17) is 21.4 Å². The van der Waals surface area contributed by atoms with Gasteiger partial charge >= 0.3 is 5.97 Å². The number of carboxylic acid groups (broad SMARTS) is 1. The Morgan fingerprint density at radius 1 is 1.32 bits per heavy atom. The molecule has 1 N–H and O–H groups in total. The molecule has 1 heterocycles. The van der Waals surface area contributed by atoms with Crippen molar-refractivity contribution in [3.63, 3.8) is 0 Å². The summed E-state index contributed by atoms with van der Waals surface area (Å²) < 4.78 is 31.3.